The summed E-state index contributed by atoms with van der Waals surface area (Å²) in [7, 11) is 2.27. The first-order valence-electron chi connectivity index (χ1n) is 13.0. The molecule has 34 heavy (non-hydrogen) atoms. The molecule has 2 aromatic carbocycles. The molecule has 0 radical (unpaired) electrons. The van der Waals surface area contributed by atoms with E-state index in [1.165, 1.54) is 24.8 Å². The summed E-state index contributed by atoms with van der Waals surface area (Å²) in [6.45, 7) is 5.10. The van der Waals surface area contributed by atoms with Gasteiger partial charge in [-0.3, -0.25) is 9.80 Å². The second-order valence-corrected chi connectivity index (χ2v) is 10.7. The highest BCUT2D eigenvalue weighted by Gasteiger charge is 2.55. The zero-order valence-corrected chi connectivity index (χ0v) is 20.7. The van der Waals surface area contributed by atoms with Crippen LogP contribution in [-0.2, 0) is 5.54 Å². The number of anilines is 1. The average molecular weight is 459 g/mol. The quantitative estimate of drug-likeness (QED) is 0.666. The standard InChI is InChI=1S/C29H38N4O/c1-3-31(2)29(25-10-5-4-6-11-25)18-16-28(17-19-29)22-32(26-14-12-23(20-30)13-15-26)27(34)33(28)21-24-8-7-9-24/h4-6,10-15,24,27,34H,3,7-9,16-19,21-22H2,1-2H3/t27-,28-,29+/m0/s1. The molecule has 5 heteroatoms. The van der Waals surface area contributed by atoms with Crippen molar-refractivity contribution < 1.29 is 5.11 Å². The van der Waals surface area contributed by atoms with Gasteiger partial charge < -0.3 is 10.0 Å². The van der Waals surface area contributed by atoms with Gasteiger partial charge in [-0.05, 0) is 87.9 Å². The molecule has 2 aromatic rings. The molecule has 0 bridgehead atoms. The minimum Gasteiger partial charge on any atom is -0.361 e. The molecule has 1 heterocycles. The van der Waals surface area contributed by atoms with E-state index in [1.54, 1.807) is 0 Å². The summed E-state index contributed by atoms with van der Waals surface area (Å²) in [6, 6.07) is 20.9. The van der Waals surface area contributed by atoms with Crippen LogP contribution in [0.25, 0.3) is 0 Å². The molecule has 1 spiro atoms. The van der Waals surface area contributed by atoms with E-state index in [2.05, 4.69) is 65.1 Å². The van der Waals surface area contributed by atoms with E-state index < -0.39 is 6.35 Å². The van der Waals surface area contributed by atoms with Gasteiger partial charge in [0.2, 0.25) is 0 Å². The third-order valence-electron chi connectivity index (χ3n) is 9.16. The first kappa shape index (κ1) is 23.4. The van der Waals surface area contributed by atoms with Crippen LogP contribution in [0.15, 0.2) is 54.6 Å². The Morgan fingerprint density at radius 3 is 2.26 bits per heavy atom. The molecule has 2 aliphatic carbocycles. The van der Waals surface area contributed by atoms with Gasteiger partial charge >= 0.3 is 0 Å². The second kappa shape index (κ2) is 9.34. The molecular formula is C29H38N4O. The van der Waals surface area contributed by atoms with Gasteiger partial charge in [-0.1, -0.05) is 43.7 Å². The number of aliphatic hydroxyl groups excluding tert-OH is 1. The highest BCUT2D eigenvalue weighted by molar-refractivity contribution is 5.52. The van der Waals surface area contributed by atoms with Crippen LogP contribution in [0.3, 0.4) is 0 Å². The van der Waals surface area contributed by atoms with Gasteiger partial charge in [-0.2, -0.15) is 5.26 Å². The first-order valence-corrected chi connectivity index (χ1v) is 13.0. The normalized spacial score (nSPS) is 30.0. The van der Waals surface area contributed by atoms with E-state index in [4.69, 9.17) is 0 Å². The third-order valence-corrected chi connectivity index (χ3v) is 9.16. The van der Waals surface area contributed by atoms with Crippen LogP contribution in [0.5, 0.6) is 0 Å². The van der Waals surface area contributed by atoms with Gasteiger partial charge in [0.05, 0.1) is 11.6 Å². The predicted octanol–water partition coefficient (Wildman–Crippen LogP) is 4.92. The van der Waals surface area contributed by atoms with Crippen molar-refractivity contribution in [1.82, 2.24) is 9.80 Å². The summed E-state index contributed by atoms with van der Waals surface area (Å²) >= 11 is 0. The molecule has 3 fully saturated rings. The summed E-state index contributed by atoms with van der Waals surface area (Å²) in [6.07, 6.45) is 7.60. The maximum Gasteiger partial charge on any atom is 0.187 e. The van der Waals surface area contributed by atoms with Crippen molar-refractivity contribution in [3.05, 3.63) is 65.7 Å². The Balaban J connectivity index is 1.44. The Kier molecular flexibility index (Phi) is 6.41. The maximum atomic E-state index is 11.6. The van der Waals surface area contributed by atoms with Crippen LogP contribution in [-0.4, -0.2) is 53.5 Å². The summed E-state index contributed by atoms with van der Waals surface area (Å²) in [5.41, 5.74) is 3.12. The molecule has 1 N–H and O–H groups in total. The highest BCUT2D eigenvalue weighted by Crippen LogP contribution is 2.51. The number of nitriles is 1. The molecule has 1 aliphatic heterocycles. The van der Waals surface area contributed by atoms with Gasteiger partial charge in [0.15, 0.2) is 6.35 Å². The van der Waals surface area contributed by atoms with Gasteiger partial charge in [0.25, 0.3) is 0 Å². The number of benzene rings is 2. The van der Waals surface area contributed by atoms with Crippen LogP contribution >= 0.6 is 0 Å². The second-order valence-electron chi connectivity index (χ2n) is 10.7. The number of aliphatic hydroxyl groups is 1. The smallest absolute Gasteiger partial charge is 0.187 e. The lowest BCUT2D eigenvalue weighted by molar-refractivity contribution is -0.0681. The summed E-state index contributed by atoms with van der Waals surface area (Å²) in [4.78, 5) is 7.14. The van der Waals surface area contributed by atoms with Crippen LogP contribution < -0.4 is 4.90 Å². The Morgan fingerprint density at radius 1 is 1.03 bits per heavy atom. The van der Waals surface area contributed by atoms with Gasteiger partial charge in [0.1, 0.15) is 0 Å². The molecule has 0 aromatic heterocycles. The summed E-state index contributed by atoms with van der Waals surface area (Å²) < 4.78 is 0. The molecule has 1 atom stereocenters. The van der Waals surface area contributed by atoms with Crippen molar-refractivity contribution in [2.75, 3.05) is 31.6 Å². The fourth-order valence-corrected chi connectivity index (χ4v) is 6.61. The molecular weight excluding hydrogens is 420 g/mol. The third kappa shape index (κ3) is 3.92. The molecule has 3 aliphatic rings. The van der Waals surface area contributed by atoms with Crippen molar-refractivity contribution in [3.8, 4) is 6.07 Å². The predicted molar refractivity (Wildman–Crippen MR) is 136 cm³/mol. The summed E-state index contributed by atoms with van der Waals surface area (Å²) in [5, 5.41) is 20.8. The van der Waals surface area contributed by atoms with Crippen LogP contribution in [0.2, 0.25) is 0 Å². The monoisotopic (exact) mass is 458 g/mol. The Bertz CT molecular complexity index is 1000. The van der Waals surface area contributed by atoms with E-state index in [-0.39, 0.29) is 11.1 Å². The van der Waals surface area contributed by atoms with E-state index in [0.29, 0.717) is 11.5 Å². The minimum atomic E-state index is -0.610. The zero-order valence-electron chi connectivity index (χ0n) is 20.7. The van der Waals surface area contributed by atoms with Crippen LogP contribution in [0.4, 0.5) is 5.69 Å². The Morgan fingerprint density at radius 2 is 1.71 bits per heavy atom. The SMILES string of the molecule is CCN(C)[C@]1(c2ccccc2)CC[C@]2(CC1)CN(c1ccc(C#N)cc1)[C@H](O)N2CC1CCC1. The van der Waals surface area contributed by atoms with E-state index in [9.17, 15) is 10.4 Å². The molecule has 180 valence electrons. The number of hydrogen-bond donors (Lipinski definition) is 1. The largest absolute Gasteiger partial charge is 0.361 e. The van der Waals surface area contributed by atoms with Crippen molar-refractivity contribution in [2.45, 2.75) is 69.3 Å². The molecule has 1 saturated heterocycles. The molecule has 0 amide bonds. The lowest BCUT2D eigenvalue weighted by Gasteiger charge is -2.52. The topological polar surface area (TPSA) is 53.7 Å². The maximum absolute atomic E-state index is 11.6. The number of rotatable bonds is 6. The fraction of sp³-hybridized carbons (Fsp3) is 0.552. The van der Waals surface area contributed by atoms with E-state index in [1.807, 2.05) is 24.3 Å². The minimum absolute atomic E-state index is 0.0181. The average Bonchev–Trinajstić information content (AvgIpc) is 3.13. The Hall–Kier alpha value is -2.39. The molecule has 2 saturated carbocycles. The lowest BCUT2D eigenvalue weighted by Crippen LogP contribution is -2.57. The zero-order chi connectivity index (χ0) is 23.8. The summed E-state index contributed by atoms with van der Waals surface area (Å²) in [5.74, 6) is 0.701. The van der Waals surface area contributed by atoms with Crippen molar-refractivity contribution in [2.24, 2.45) is 5.92 Å². The number of hydrogen-bond acceptors (Lipinski definition) is 5. The van der Waals surface area contributed by atoms with Crippen LogP contribution in [0.1, 0.15) is 63.0 Å². The molecule has 5 rings (SSSR count). The molecule has 0 unspecified atom stereocenters. The van der Waals surface area contributed by atoms with Gasteiger partial charge in [0, 0.05) is 29.9 Å². The molecule has 5 nitrogen and oxygen atoms in total. The van der Waals surface area contributed by atoms with Crippen molar-refractivity contribution in [1.29, 1.82) is 5.26 Å². The first-order chi connectivity index (χ1) is 16.5. The van der Waals surface area contributed by atoms with Gasteiger partial charge in [-0.15, -0.1) is 0 Å². The van der Waals surface area contributed by atoms with E-state index >= 15 is 0 Å². The fourth-order valence-electron chi connectivity index (χ4n) is 6.61. The number of nitrogens with zero attached hydrogens (tertiary/aromatic N) is 4. The van der Waals surface area contributed by atoms with Gasteiger partial charge in [-0.25, -0.2) is 0 Å². The Labute approximate surface area is 204 Å². The van der Waals surface area contributed by atoms with Crippen molar-refractivity contribution in [3.63, 3.8) is 0 Å². The van der Waals surface area contributed by atoms with Crippen LogP contribution in [0, 0.1) is 17.2 Å². The lowest BCUT2D eigenvalue weighted by atomic mass is 9.67. The van der Waals surface area contributed by atoms with Crippen molar-refractivity contribution >= 4 is 5.69 Å². The highest BCUT2D eigenvalue weighted by atomic mass is 16.3. The van der Waals surface area contributed by atoms with E-state index in [0.717, 1.165) is 51.0 Å².